The molecule has 0 aromatic heterocycles. The molecule has 1 aromatic rings. The van der Waals surface area contributed by atoms with Crippen molar-refractivity contribution in [2.75, 3.05) is 47.1 Å². The Morgan fingerprint density at radius 2 is 1.83 bits per heavy atom. The van der Waals surface area contributed by atoms with E-state index in [4.69, 9.17) is 9.47 Å². The minimum atomic E-state index is -0.367. The Labute approximate surface area is 143 Å². The molecule has 0 aliphatic heterocycles. The van der Waals surface area contributed by atoms with Crippen molar-refractivity contribution in [2.45, 2.75) is 6.42 Å². The molecule has 1 aromatic carbocycles. The number of rotatable bonds is 11. The van der Waals surface area contributed by atoms with Gasteiger partial charge in [0.15, 0.2) is 0 Å². The molecule has 0 radical (unpaired) electrons. The van der Waals surface area contributed by atoms with Gasteiger partial charge in [-0.05, 0) is 12.0 Å². The van der Waals surface area contributed by atoms with Crippen molar-refractivity contribution in [1.82, 2.24) is 10.2 Å². The lowest BCUT2D eigenvalue weighted by atomic mass is 10.1. The highest BCUT2D eigenvalue weighted by Gasteiger charge is 2.11. The lowest BCUT2D eigenvalue weighted by Crippen LogP contribution is -2.30. The molecule has 0 unspecified atom stereocenters. The molecule has 1 rings (SSSR count). The largest absolute Gasteiger partial charge is 0.383 e. The van der Waals surface area contributed by atoms with E-state index in [0.717, 1.165) is 12.0 Å². The second-order valence-corrected chi connectivity index (χ2v) is 5.17. The minimum absolute atomic E-state index is 0.0790. The van der Waals surface area contributed by atoms with E-state index in [1.54, 1.807) is 20.4 Å². The van der Waals surface area contributed by atoms with Gasteiger partial charge in [0.05, 0.1) is 13.2 Å². The summed E-state index contributed by atoms with van der Waals surface area (Å²) < 4.78 is 10.1. The zero-order valence-corrected chi connectivity index (χ0v) is 14.3. The maximum atomic E-state index is 12.2. The number of hydrogen-bond donors (Lipinski definition) is 1. The van der Waals surface area contributed by atoms with E-state index in [9.17, 15) is 10.1 Å². The van der Waals surface area contributed by atoms with Crippen molar-refractivity contribution in [3.8, 4) is 6.07 Å². The quantitative estimate of drug-likeness (QED) is 0.489. The second-order valence-electron chi connectivity index (χ2n) is 5.17. The predicted octanol–water partition coefficient (Wildman–Crippen LogP) is 1.35. The van der Waals surface area contributed by atoms with Gasteiger partial charge < -0.3 is 19.7 Å². The molecule has 0 atom stereocenters. The summed E-state index contributed by atoms with van der Waals surface area (Å²) >= 11 is 0. The molecule has 0 fully saturated rings. The SMILES string of the molecule is COCCN(/C=C(/C#N)C(=O)NCCc1ccccc1)CCOC. The number of carbonyl (C=O) groups is 1. The Hall–Kier alpha value is -2.36. The van der Waals surface area contributed by atoms with Crippen LogP contribution in [-0.2, 0) is 20.7 Å². The van der Waals surface area contributed by atoms with E-state index < -0.39 is 0 Å². The summed E-state index contributed by atoms with van der Waals surface area (Å²) in [5.74, 6) is -0.367. The molecule has 1 N–H and O–H groups in total. The van der Waals surface area contributed by atoms with Gasteiger partial charge in [-0.15, -0.1) is 0 Å². The monoisotopic (exact) mass is 331 g/mol. The maximum absolute atomic E-state index is 12.2. The Morgan fingerprint density at radius 1 is 1.21 bits per heavy atom. The molecule has 1 amide bonds. The third-order valence-electron chi connectivity index (χ3n) is 3.38. The highest BCUT2D eigenvalue weighted by Crippen LogP contribution is 2.01. The molecular formula is C18H25N3O3. The van der Waals surface area contributed by atoms with Crippen LogP contribution in [0.5, 0.6) is 0 Å². The molecule has 0 aliphatic rings. The Balaban J connectivity index is 2.56. The fraction of sp³-hybridized carbons (Fsp3) is 0.444. The van der Waals surface area contributed by atoms with Gasteiger partial charge in [-0.25, -0.2) is 0 Å². The van der Waals surface area contributed by atoms with E-state index in [2.05, 4.69) is 5.32 Å². The van der Waals surface area contributed by atoms with Crippen molar-refractivity contribution in [1.29, 1.82) is 5.26 Å². The zero-order valence-electron chi connectivity index (χ0n) is 14.3. The first kappa shape index (κ1) is 19.7. The second kappa shape index (κ2) is 12.1. The fourth-order valence-electron chi connectivity index (χ4n) is 2.04. The zero-order chi connectivity index (χ0) is 17.6. The van der Waals surface area contributed by atoms with Gasteiger partial charge in [-0.1, -0.05) is 30.3 Å². The van der Waals surface area contributed by atoms with Crippen LogP contribution in [0.4, 0.5) is 0 Å². The highest BCUT2D eigenvalue weighted by atomic mass is 16.5. The van der Waals surface area contributed by atoms with E-state index in [-0.39, 0.29) is 11.5 Å². The van der Waals surface area contributed by atoms with Crippen molar-refractivity contribution >= 4 is 5.91 Å². The van der Waals surface area contributed by atoms with E-state index in [0.29, 0.717) is 32.8 Å². The van der Waals surface area contributed by atoms with Crippen LogP contribution in [0.2, 0.25) is 0 Å². The predicted molar refractivity (Wildman–Crippen MR) is 92.2 cm³/mol. The summed E-state index contributed by atoms with van der Waals surface area (Å²) in [6, 6.07) is 11.8. The van der Waals surface area contributed by atoms with Crippen molar-refractivity contribution < 1.29 is 14.3 Å². The molecule has 130 valence electrons. The number of methoxy groups -OCH3 is 2. The first-order valence-electron chi connectivity index (χ1n) is 7.87. The molecule has 0 heterocycles. The van der Waals surface area contributed by atoms with E-state index >= 15 is 0 Å². The van der Waals surface area contributed by atoms with Crippen molar-refractivity contribution in [3.05, 3.63) is 47.7 Å². The Kier molecular flexibility index (Phi) is 9.93. The lowest BCUT2D eigenvalue weighted by Gasteiger charge is -2.20. The molecule has 0 bridgehead atoms. The van der Waals surface area contributed by atoms with Gasteiger partial charge >= 0.3 is 0 Å². The van der Waals surface area contributed by atoms with E-state index in [1.807, 2.05) is 41.3 Å². The number of ether oxygens (including phenoxy) is 2. The summed E-state index contributed by atoms with van der Waals surface area (Å²) in [5.41, 5.74) is 1.22. The number of nitrogens with one attached hydrogen (secondary N) is 1. The van der Waals surface area contributed by atoms with Crippen LogP contribution in [0.15, 0.2) is 42.1 Å². The number of amides is 1. The third-order valence-corrected chi connectivity index (χ3v) is 3.38. The average molecular weight is 331 g/mol. The number of benzene rings is 1. The number of carbonyl (C=O) groups excluding carboxylic acids is 1. The molecular weight excluding hydrogens is 306 g/mol. The first-order valence-corrected chi connectivity index (χ1v) is 7.87. The minimum Gasteiger partial charge on any atom is -0.383 e. The van der Waals surface area contributed by atoms with Gasteiger partial charge in [0, 0.05) is 40.1 Å². The summed E-state index contributed by atoms with van der Waals surface area (Å²) in [6.45, 7) is 2.67. The van der Waals surface area contributed by atoms with Gasteiger partial charge in [0.1, 0.15) is 11.6 Å². The van der Waals surface area contributed by atoms with E-state index in [1.165, 1.54) is 0 Å². The maximum Gasteiger partial charge on any atom is 0.263 e. The molecule has 0 saturated carbocycles. The van der Waals surface area contributed by atoms with Crippen LogP contribution >= 0.6 is 0 Å². The van der Waals surface area contributed by atoms with Gasteiger partial charge in [-0.2, -0.15) is 5.26 Å². The van der Waals surface area contributed by atoms with Crippen molar-refractivity contribution in [2.24, 2.45) is 0 Å². The standard InChI is InChI=1S/C18H25N3O3/c1-23-12-10-21(11-13-24-2)15-17(14-19)18(22)20-9-8-16-6-4-3-5-7-16/h3-7,15H,8-13H2,1-2H3,(H,20,22)/b17-15-. The van der Waals surface area contributed by atoms with Crippen LogP contribution in [0.3, 0.4) is 0 Å². The topological polar surface area (TPSA) is 74.6 Å². The Morgan fingerprint density at radius 3 is 2.38 bits per heavy atom. The van der Waals surface area contributed by atoms with Crippen molar-refractivity contribution in [3.63, 3.8) is 0 Å². The first-order chi connectivity index (χ1) is 11.7. The summed E-state index contributed by atoms with van der Waals surface area (Å²) in [7, 11) is 3.22. The van der Waals surface area contributed by atoms with Gasteiger partial charge in [0.2, 0.25) is 0 Å². The van der Waals surface area contributed by atoms with Crippen LogP contribution < -0.4 is 5.32 Å². The number of nitriles is 1. The third kappa shape index (κ3) is 7.77. The van der Waals surface area contributed by atoms with Crippen LogP contribution in [0, 0.1) is 11.3 Å². The molecule has 6 nitrogen and oxygen atoms in total. The molecule has 0 spiro atoms. The fourth-order valence-corrected chi connectivity index (χ4v) is 2.04. The molecule has 6 heteroatoms. The molecule has 24 heavy (non-hydrogen) atoms. The molecule has 0 aliphatic carbocycles. The molecule has 0 saturated heterocycles. The Bertz CT molecular complexity index is 544. The number of nitrogens with zero attached hydrogens (tertiary/aromatic N) is 2. The summed E-state index contributed by atoms with van der Waals surface area (Å²) in [5, 5.41) is 12.0. The summed E-state index contributed by atoms with van der Waals surface area (Å²) in [4.78, 5) is 14.0. The lowest BCUT2D eigenvalue weighted by molar-refractivity contribution is -0.117. The van der Waals surface area contributed by atoms with Crippen LogP contribution in [0.25, 0.3) is 0 Å². The van der Waals surface area contributed by atoms with Gasteiger partial charge in [-0.3, -0.25) is 4.79 Å². The van der Waals surface area contributed by atoms with Crippen LogP contribution in [0.1, 0.15) is 5.56 Å². The van der Waals surface area contributed by atoms with Gasteiger partial charge in [0.25, 0.3) is 5.91 Å². The smallest absolute Gasteiger partial charge is 0.263 e. The normalized spacial score (nSPS) is 11.0. The summed E-state index contributed by atoms with van der Waals surface area (Å²) in [6.07, 6.45) is 2.29. The highest BCUT2D eigenvalue weighted by molar-refractivity contribution is 5.97. The average Bonchev–Trinajstić information content (AvgIpc) is 2.62. The van der Waals surface area contributed by atoms with Crippen LogP contribution in [-0.4, -0.2) is 57.9 Å². The number of hydrogen-bond acceptors (Lipinski definition) is 5.